The number of nitrogens with one attached hydrogen (secondary N) is 2. The molecule has 1 unspecified atom stereocenters. The fourth-order valence-electron chi connectivity index (χ4n) is 2.67. The van der Waals surface area contributed by atoms with Crippen LogP contribution in [0, 0.1) is 0 Å². The van der Waals surface area contributed by atoms with E-state index in [9.17, 15) is 19.2 Å². The maximum absolute atomic E-state index is 12.3. The minimum atomic E-state index is -0.745. The number of esters is 1. The van der Waals surface area contributed by atoms with Crippen LogP contribution in [0.3, 0.4) is 0 Å². The van der Waals surface area contributed by atoms with Crippen molar-refractivity contribution >= 4 is 29.9 Å². The van der Waals surface area contributed by atoms with Gasteiger partial charge in [-0.1, -0.05) is 30.3 Å². The number of carbonyl (C=O) groups is 4. The first-order chi connectivity index (χ1) is 12.6. The molecule has 134 valence electrons. The Morgan fingerprint density at radius 3 is 2.81 bits per heavy atom. The topological polar surface area (TPSA) is 117 Å². The van der Waals surface area contributed by atoms with Gasteiger partial charge in [0.2, 0.25) is 6.41 Å². The fraction of sp³-hybridized carbons (Fsp3) is 0.235. The zero-order valence-corrected chi connectivity index (χ0v) is 13.7. The molecule has 9 nitrogen and oxygen atoms in total. The number of benzene rings is 1. The Balaban J connectivity index is 1.68. The molecule has 0 spiro atoms. The van der Waals surface area contributed by atoms with Crippen molar-refractivity contribution in [1.82, 2.24) is 15.8 Å². The van der Waals surface area contributed by atoms with Gasteiger partial charge in [0.15, 0.2) is 5.78 Å². The van der Waals surface area contributed by atoms with Crippen LogP contribution < -0.4 is 10.7 Å². The van der Waals surface area contributed by atoms with Crippen molar-refractivity contribution in [1.29, 1.82) is 0 Å². The molecule has 3 amide bonds. The van der Waals surface area contributed by atoms with Crippen molar-refractivity contribution in [3.63, 3.8) is 0 Å². The molecule has 1 atom stereocenters. The van der Waals surface area contributed by atoms with Gasteiger partial charge in [-0.05, 0) is 5.56 Å². The molecule has 1 saturated heterocycles. The maximum Gasteiger partial charge on any atom is 0.343 e. The van der Waals surface area contributed by atoms with Gasteiger partial charge in [-0.2, -0.15) is 0 Å². The van der Waals surface area contributed by atoms with Crippen LogP contribution in [-0.2, 0) is 25.7 Å². The number of amides is 3. The lowest BCUT2D eigenvalue weighted by Gasteiger charge is -2.23. The quantitative estimate of drug-likeness (QED) is 0.425. The third kappa shape index (κ3) is 3.61. The summed E-state index contributed by atoms with van der Waals surface area (Å²) in [4.78, 5) is 50.8. The lowest BCUT2D eigenvalue weighted by atomic mass is 9.99. The molecule has 0 saturated carbocycles. The fourth-order valence-corrected chi connectivity index (χ4v) is 2.67. The number of Topliss-reactive ketones (excluding diaryl/α,β-unsaturated/α-hetero) is 1. The molecule has 2 aliphatic heterocycles. The van der Waals surface area contributed by atoms with Crippen molar-refractivity contribution < 1.29 is 23.9 Å². The average Bonchev–Trinajstić information content (AvgIpc) is 3.01. The molecular weight excluding hydrogens is 340 g/mol. The molecule has 0 radical (unpaired) electrons. The third-order valence-electron chi connectivity index (χ3n) is 3.99. The summed E-state index contributed by atoms with van der Waals surface area (Å²) >= 11 is 0. The monoisotopic (exact) mass is 356 g/mol. The number of ketones is 1. The van der Waals surface area contributed by atoms with Crippen LogP contribution in [0.2, 0.25) is 0 Å². The summed E-state index contributed by atoms with van der Waals surface area (Å²) in [5.74, 6) is -1.19. The predicted molar refractivity (Wildman–Crippen MR) is 89.6 cm³/mol. The summed E-state index contributed by atoms with van der Waals surface area (Å²) in [6.45, 7) is 0.256. The SMILES string of the molecule is O=CNN1C(=O)NCC1C1=NC=C(C(=O)OCc2ccccc2)C(=O)C1. The van der Waals surface area contributed by atoms with Crippen LogP contribution in [0.5, 0.6) is 0 Å². The number of hydrogen-bond donors (Lipinski definition) is 2. The van der Waals surface area contributed by atoms with E-state index in [-0.39, 0.29) is 25.1 Å². The molecule has 0 aromatic heterocycles. The second-order valence-electron chi connectivity index (χ2n) is 5.64. The zero-order chi connectivity index (χ0) is 18.5. The van der Waals surface area contributed by atoms with Crippen molar-refractivity contribution in [2.45, 2.75) is 19.1 Å². The van der Waals surface area contributed by atoms with E-state index >= 15 is 0 Å². The van der Waals surface area contributed by atoms with Crippen LogP contribution >= 0.6 is 0 Å². The Kier molecular flexibility index (Phi) is 5.07. The van der Waals surface area contributed by atoms with E-state index in [4.69, 9.17) is 4.74 Å². The summed E-state index contributed by atoms with van der Waals surface area (Å²) < 4.78 is 5.14. The Morgan fingerprint density at radius 2 is 2.12 bits per heavy atom. The summed E-state index contributed by atoms with van der Waals surface area (Å²) in [5.41, 5.74) is 3.31. The lowest BCUT2D eigenvalue weighted by molar-refractivity contribution is -0.141. The van der Waals surface area contributed by atoms with Crippen LogP contribution in [-0.4, -0.2) is 47.5 Å². The van der Waals surface area contributed by atoms with Crippen molar-refractivity contribution in [3.05, 3.63) is 47.7 Å². The van der Waals surface area contributed by atoms with E-state index in [2.05, 4.69) is 15.7 Å². The van der Waals surface area contributed by atoms with Gasteiger partial charge in [-0.15, -0.1) is 0 Å². The van der Waals surface area contributed by atoms with Crippen LogP contribution in [0.4, 0.5) is 4.79 Å². The summed E-state index contributed by atoms with van der Waals surface area (Å²) in [7, 11) is 0. The highest BCUT2D eigenvalue weighted by Gasteiger charge is 2.37. The van der Waals surface area contributed by atoms with E-state index in [1.165, 1.54) is 0 Å². The Labute approximate surface area is 148 Å². The predicted octanol–water partition coefficient (Wildman–Crippen LogP) is 0.0823. The molecule has 3 rings (SSSR count). The van der Waals surface area contributed by atoms with Crippen LogP contribution in [0.1, 0.15) is 12.0 Å². The number of hydrogen-bond acceptors (Lipinski definition) is 6. The Morgan fingerprint density at radius 1 is 1.35 bits per heavy atom. The molecule has 1 fully saturated rings. The van der Waals surface area contributed by atoms with Crippen molar-refractivity contribution in [2.24, 2.45) is 4.99 Å². The van der Waals surface area contributed by atoms with Gasteiger partial charge in [0.1, 0.15) is 18.2 Å². The molecule has 2 N–H and O–H groups in total. The molecule has 0 aliphatic carbocycles. The molecule has 26 heavy (non-hydrogen) atoms. The molecule has 1 aromatic rings. The maximum atomic E-state index is 12.3. The molecule has 9 heteroatoms. The van der Waals surface area contributed by atoms with Crippen LogP contribution in [0.15, 0.2) is 47.1 Å². The number of hydrazine groups is 1. The summed E-state index contributed by atoms with van der Waals surface area (Å²) in [6, 6.07) is 8.02. The zero-order valence-electron chi connectivity index (χ0n) is 13.7. The number of carbonyl (C=O) groups excluding carboxylic acids is 4. The minimum absolute atomic E-state index is 0.0545. The van der Waals surface area contributed by atoms with E-state index in [0.717, 1.165) is 16.8 Å². The number of nitrogens with zero attached hydrogens (tertiary/aromatic N) is 2. The van der Waals surface area contributed by atoms with E-state index in [1.54, 1.807) is 12.1 Å². The first-order valence-corrected chi connectivity index (χ1v) is 7.88. The lowest BCUT2D eigenvalue weighted by Crippen LogP contribution is -2.48. The molecule has 2 heterocycles. The van der Waals surface area contributed by atoms with Crippen molar-refractivity contribution in [3.8, 4) is 0 Å². The third-order valence-corrected chi connectivity index (χ3v) is 3.99. The average molecular weight is 356 g/mol. The van der Waals surface area contributed by atoms with E-state index in [1.807, 2.05) is 18.2 Å². The van der Waals surface area contributed by atoms with Crippen molar-refractivity contribution in [2.75, 3.05) is 6.54 Å². The van der Waals surface area contributed by atoms with Gasteiger partial charge in [0.25, 0.3) is 0 Å². The van der Waals surface area contributed by atoms with E-state index < -0.39 is 23.8 Å². The van der Waals surface area contributed by atoms with Crippen LogP contribution in [0.25, 0.3) is 0 Å². The van der Waals surface area contributed by atoms with Gasteiger partial charge >= 0.3 is 12.0 Å². The number of ether oxygens (including phenoxy) is 1. The van der Waals surface area contributed by atoms with E-state index in [0.29, 0.717) is 12.1 Å². The summed E-state index contributed by atoms with van der Waals surface area (Å²) in [6.07, 6.45) is 1.38. The van der Waals surface area contributed by atoms with Gasteiger partial charge < -0.3 is 10.1 Å². The first kappa shape index (κ1) is 17.3. The molecule has 2 aliphatic rings. The number of rotatable bonds is 6. The summed E-state index contributed by atoms with van der Waals surface area (Å²) in [5, 5.41) is 3.61. The minimum Gasteiger partial charge on any atom is -0.457 e. The van der Waals surface area contributed by atoms with Gasteiger partial charge in [0.05, 0.1) is 12.1 Å². The Hall–Kier alpha value is -3.49. The first-order valence-electron chi connectivity index (χ1n) is 7.88. The normalized spacial score (nSPS) is 19.4. The van der Waals surface area contributed by atoms with Gasteiger partial charge in [0, 0.05) is 12.7 Å². The molecule has 0 bridgehead atoms. The highest BCUT2D eigenvalue weighted by Crippen LogP contribution is 2.17. The highest BCUT2D eigenvalue weighted by atomic mass is 16.5. The number of aliphatic imine (C=N–C) groups is 1. The smallest absolute Gasteiger partial charge is 0.343 e. The van der Waals surface area contributed by atoms with Gasteiger partial charge in [-0.3, -0.25) is 20.0 Å². The largest absolute Gasteiger partial charge is 0.457 e. The Bertz CT molecular complexity index is 803. The highest BCUT2D eigenvalue weighted by molar-refractivity contribution is 6.24. The van der Waals surface area contributed by atoms with Gasteiger partial charge in [-0.25, -0.2) is 14.6 Å². The second-order valence-corrected chi connectivity index (χ2v) is 5.64. The molecular formula is C17H16N4O5. The molecule has 1 aromatic carbocycles. The second kappa shape index (κ2) is 7.60. The standard InChI is InChI=1S/C17H16N4O5/c22-10-20-21-14(8-19-17(21)25)13-6-15(23)12(7-18-13)16(24)26-9-11-4-2-1-3-5-11/h1-5,7,10,14H,6,8-9H2,(H,19,25)(H,20,22). The number of urea groups is 1.